The van der Waals surface area contributed by atoms with Crippen molar-refractivity contribution in [1.82, 2.24) is 20.3 Å². The molecule has 140 valence electrons. The van der Waals surface area contributed by atoms with E-state index in [1.165, 1.54) is 6.21 Å². The minimum Gasteiger partial charge on any atom is -0.507 e. The third-order valence-electron chi connectivity index (χ3n) is 3.88. The molecule has 0 amide bonds. The van der Waals surface area contributed by atoms with E-state index in [0.717, 1.165) is 15.7 Å². The van der Waals surface area contributed by atoms with E-state index in [1.54, 1.807) is 18.2 Å². The number of para-hydroxylation sites is 1. The van der Waals surface area contributed by atoms with Gasteiger partial charge in [-0.25, -0.2) is 9.61 Å². The van der Waals surface area contributed by atoms with Crippen LogP contribution in [0, 0.1) is 6.92 Å². The molecule has 2 heterocycles. The molecule has 4 aromatic rings. The SMILES string of the molecule is Cc1ccccc1Nc1nc2nonc2nc1N/N=C\c1cc(Br)ccc1O. The van der Waals surface area contributed by atoms with Gasteiger partial charge in [0.25, 0.3) is 0 Å². The molecule has 28 heavy (non-hydrogen) atoms. The number of rotatable bonds is 5. The Morgan fingerprint density at radius 2 is 1.82 bits per heavy atom. The monoisotopic (exact) mass is 439 g/mol. The molecule has 3 N–H and O–H groups in total. The number of aromatic nitrogens is 4. The molecular weight excluding hydrogens is 426 g/mol. The molecule has 0 radical (unpaired) electrons. The van der Waals surface area contributed by atoms with Crippen LogP contribution in [0.2, 0.25) is 0 Å². The zero-order valence-corrected chi connectivity index (χ0v) is 16.2. The first-order valence-corrected chi connectivity index (χ1v) is 9.00. The van der Waals surface area contributed by atoms with Crippen LogP contribution in [0.5, 0.6) is 5.75 Å². The van der Waals surface area contributed by atoms with Gasteiger partial charge in [0.05, 0.1) is 6.21 Å². The fourth-order valence-corrected chi connectivity index (χ4v) is 2.81. The van der Waals surface area contributed by atoms with Crippen molar-refractivity contribution in [2.24, 2.45) is 5.10 Å². The summed E-state index contributed by atoms with van der Waals surface area (Å²) in [5.74, 6) is 0.847. The van der Waals surface area contributed by atoms with Crippen LogP contribution in [0.15, 0.2) is 56.7 Å². The lowest BCUT2D eigenvalue weighted by Crippen LogP contribution is -2.04. The number of hydrazone groups is 1. The van der Waals surface area contributed by atoms with Crippen molar-refractivity contribution >= 4 is 50.8 Å². The van der Waals surface area contributed by atoms with Gasteiger partial charge < -0.3 is 10.4 Å². The van der Waals surface area contributed by atoms with E-state index in [0.29, 0.717) is 17.2 Å². The summed E-state index contributed by atoms with van der Waals surface area (Å²) in [6, 6.07) is 12.8. The molecule has 0 fully saturated rings. The van der Waals surface area contributed by atoms with Crippen molar-refractivity contribution < 1.29 is 9.74 Å². The van der Waals surface area contributed by atoms with Crippen LogP contribution >= 0.6 is 15.9 Å². The summed E-state index contributed by atoms with van der Waals surface area (Å²) in [5.41, 5.74) is 5.79. The fraction of sp³-hybridized carbons (Fsp3) is 0.0556. The van der Waals surface area contributed by atoms with Gasteiger partial charge in [0.15, 0.2) is 11.6 Å². The van der Waals surface area contributed by atoms with Gasteiger partial charge in [0.2, 0.25) is 11.3 Å². The van der Waals surface area contributed by atoms with E-state index in [1.807, 2.05) is 31.2 Å². The summed E-state index contributed by atoms with van der Waals surface area (Å²) in [7, 11) is 0. The number of benzene rings is 2. The third-order valence-corrected chi connectivity index (χ3v) is 4.37. The fourth-order valence-electron chi connectivity index (χ4n) is 2.44. The number of halogens is 1. The minimum atomic E-state index is 0.106. The largest absolute Gasteiger partial charge is 0.507 e. The summed E-state index contributed by atoms with van der Waals surface area (Å²) < 4.78 is 5.52. The van der Waals surface area contributed by atoms with E-state index >= 15 is 0 Å². The summed E-state index contributed by atoms with van der Waals surface area (Å²) in [5, 5.41) is 24.7. The lowest BCUT2D eigenvalue weighted by molar-refractivity contribution is 0.314. The summed E-state index contributed by atoms with van der Waals surface area (Å²) in [6.45, 7) is 1.98. The number of phenolic OH excluding ortho intramolecular Hbond substituents is 1. The van der Waals surface area contributed by atoms with E-state index in [-0.39, 0.29) is 17.0 Å². The van der Waals surface area contributed by atoms with Crippen molar-refractivity contribution in [1.29, 1.82) is 0 Å². The Kier molecular flexibility index (Phi) is 4.85. The highest BCUT2D eigenvalue weighted by Crippen LogP contribution is 2.26. The Bertz CT molecular complexity index is 1180. The Morgan fingerprint density at radius 1 is 1.07 bits per heavy atom. The first-order valence-electron chi connectivity index (χ1n) is 8.21. The lowest BCUT2D eigenvalue weighted by Gasteiger charge is -2.11. The van der Waals surface area contributed by atoms with Crippen molar-refractivity contribution in [3.05, 3.63) is 58.1 Å². The molecule has 0 aliphatic carbocycles. The van der Waals surface area contributed by atoms with Gasteiger partial charge in [-0.15, -0.1) is 0 Å². The van der Waals surface area contributed by atoms with E-state index in [4.69, 9.17) is 4.63 Å². The molecule has 0 aliphatic heterocycles. The van der Waals surface area contributed by atoms with Crippen molar-refractivity contribution in [2.75, 3.05) is 10.7 Å². The number of aryl methyl sites for hydroxylation is 1. The maximum atomic E-state index is 9.91. The van der Waals surface area contributed by atoms with Crippen LogP contribution in [0.4, 0.5) is 17.3 Å². The molecule has 4 rings (SSSR count). The van der Waals surface area contributed by atoms with Crippen LogP contribution in [-0.2, 0) is 0 Å². The smallest absolute Gasteiger partial charge is 0.245 e. The average Bonchev–Trinajstić information content (AvgIpc) is 3.13. The van der Waals surface area contributed by atoms with Crippen molar-refractivity contribution in [3.63, 3.8) is 0 Å². The number of anilines is 3. The number of hydrogen-bond donors (Lipinski definition) is 3. The molecule has 0 spiro atoms. The van der Waals surface area contributed by atoms with Crippen LogP contribution in [0.1, 0.15) is 11.1 Å². The summed E-state index contributed by atoms with van der Waals surface area (Å²) in [6.07, 6.45) is 1.48. The van der Waals surface area contributed by atoms with Gasteiger partial charge >= 0.3 is 0 Å². The van der Waals surface area contributed by atoms with Gasteiger partial charge in [-0.3, -0.25) is 5.43 Å². The van der Waals surface area contributed by atoms with Crippen molar-refractivity contribution in [2.45, 2.75) is 6.92 Å². The molecule has 0 bridgehead atoms. The Morgan fingerprint density at radius 3 is 2.61 bits per heavy atom. The number of fused-ring (bicyclic) bond motifs is 1. The first-order chi connectivity index (χ1) is 13.6. The molecule has 10 heteroatoms. The van der Waals surface area contributed by atoms with E-state index in [2.05, 4.69) is 52.1 Å². The Hall–Kier alpha value is -3.53. The van der Waals surface area contributed by atoms with Crippen LogP contribution < -0.4 is 10.7 Å². The summed E-state index contributed by atoms with van der Waals surface area (Å²) >= 11 is 3.36. The second-order valence-corrected chi connectivity index (χ2v) is 6.76. The topological polar surface area (TPSA) is 121 Å². The molecule has 9 nitrogen and oxygen atoms in total. The molecule has 0 atom stereocenters. The maximum absolute atomic E-state index is 9.91. The van der Waals surface area contributed by atoms with Gasteiger partial charge in [-0.1, -0.05) is 34.1 Å². The second kappa shape index (κ2) is 7.61. The molecule has 2 aromatic heterocycles. The highest BCUT2D eigenvalue weighted by Gasteiger charge is 2.13. The Balaban J connectivity index is 1.66. The lowest BCUT2D eigenvalue weighted by atomic mass is 10.2. The van der Waals surface area contributed by atoms with E-state index < -0.39 is 0 Å². The van der Waals surface area contributed by atoms with Crippen LogP contribution in [0.25, 0.3) is 11.3 Å². The number of nitrogens with zero attached hydrogens (tertiary/aromatic N) is 5. The predicted molar refractivity (Wildman–Crippen MR) is 109 cm³/mol. The van der Waals surface area contributed by atoms with Gasteiger partial charge in [-0.2, -0.15) is 10.1 Å². The first kappa shape index (κ1) is 17.9. The minimum absolute atomic E-state index is 0.106. The molecule has 0 saturated carbocycles. The van der Waals surface area contributed by atoms with E-state index in [9.17, 15) is 5.11 Å². The Labute approximate surface area is 167 Å². The number of hydrogen-bond acceptors (Lipinski definition) is 9. The number of phenols is 1. The number of nitrogens with one attached hydrogen (secondary N) is 2. The predicted octanol–water partition coefficient (Wildman–Crippen LogP) is 3.98. The third kappa shape index (κ3) is 3.76. The summed E-state index contributed by atoms with van der Waals surface area (Å²) in [4.78, 5) is 8.74. The molecule has 0 saturated heterocycles. The zero-order valence-electron chi connectivity index (χ0n) is 14.6. The van der Waals surface area contributed by atoms with Gasteiger partial charge in [0.1, 0.15) is 5.75 Å². The van der Waals surface area contributed by atoms with Gasteiger partial charge in [-0.05, 0) is 47.1 Å². The van der Waals surface area contributed by atoms with Crippen LogP contribution in [-0.4, -0.2) is 31.6 Å². The highest BCUT2D eigenvalue weighted by molar-refractivity contribution is 9.10. The normalized spacial score (nSPS) is 11.2. The second-order valence-electron chi connectivity index (χ2n) is 5.85. The van der Waals surface area contributed by atoms with Crippen LogP contribution in [0.3, 0.4) is 0 Å². The average molecular weight is 440 g/mol. The molecule has 2 aromatic carbocycles. The quantitative estimate of drug-likeness (QED) is 0.315. The number of aromatic hydroxyl groups is 1. The molecular formula is C18H14BrN7O2. The molecule has 0 aliphatic rings. The standard InChI is InChI=1S/C18H14BrN7O2/c1-10-4-2-3-5-13(10)21-15-16(23-18-17(22-15)25-28-26-18)24-20-9-11-8-12(19)6-7-14(11)27/h2-9,27H,1H3,(H,21,22,25)(H,23,24,26)/b20-9-. The maximum Gasteiger partial charge on any atom is 0.245 e. The highest BCUT2D eigenvalue weighted by atomic mass is 79.9. The molecule has 0 unspecified atom stereocenters. The van der Waals surface area contributed by atoms with Gasteiger partial charge in [0, 0.05) is 15.7 Å². The van der Waals surface area contributed by atoms with Crippen molar-refractivity contribution in [3.8, 4) is 5.75 Å². The zero-order chi connectivity index (χ0) is 19.5.